The number of para-hydroxylation sites is 1. The number of hydrogen-bond donors (Lipinski definition) is 1. The summed E-state index contributed by atoms with van der Waals surface area (Å²) in [4.78, 5) is 25.9. The first-order valence-corrected chi connectivity index (χ1v) is 10.4. The molecule has 0 spiro atoms. The molecule has 0 bridgehead atoms. The molecule has 1 aromatic carbocycles. The van der Waals surface area contributed by atoms with Gasteiger partial charge in [-0.25, -0.2) is 4.79 Å². The van der Waals surface area contributed by atoms with Crippen molar-refractivity contribution in [1.82, 2.24) is 0 Å². The van der Waals surface area contributed by atoms with E-state index in [2.05, 4.69) is 5.32 Å². The topological polar surface area (TPSA) is 64.6 Å². The zero-order valence-corrected chi connectivity index (χ0v) is 17.1. The fraction of sp³-hybridized carbons (Fsp3) is 0.364. The third kappa shape index (κ3) is 4.62. The quantitative estimate of drug-likeness (QED) is 0.534. The Hall–Kier alpha value is -2.60. The van der Waals surface area contributed by atoms with E-state index >= 15 is 0 Å². The molecule has 148 valence electrons. The standard InChI is InChI=1S/C22H25NO4S/c1-3-14-27-17-10-6-4-8-15(17)12-13-19(24)23-21-20(22(25)26-2)16-9-5-7-11-18(16)28-21/h4,6,8,10,12-13H,3,5,7,9,11,14H2,1-2H3,(H,23,24). The lowest BCUT2D eigenvalue weighted by Gasteiger charge is -2.11. The van der Waals surface area contributed by atoms with E-state index < -0.39 is 5.97 Å². The van der Waals surface area contributed by atoms with E-state index in [1.165, 1.54) is 29.4 Å². The summed E-state index contributed by atoms with van der Waals surface area (Å²) in [6.07, 6.45) is 8.06. The van der Waals surface area contributed by atoms with Crippen LogP contribution in [0.25, 0.3) is 6.08 Å². The van der Waals surface area contributed by atoms with Gasteiger partial charge in [0.15, 0.2) is 0 Å². The van der Waals surface area contributed by atoms with E-state index in [0.29, 0.717) is 17.2 Å². The van der Waals surface area contributed by atoms with Crippen molar-refractivity contribution in [3.63, 3.8) is 0 Å². The van der Waals surface area contributed by atoms with Gasteiger partial charge in [0.05, 0.1) is 19.3 Å². The monoisotopic (exact) mass is 399 g/mol. The number of rotatable bonds is 7. The van der Waals surface area contributed by atoms with Gasteiger partial charge in [-0.3, -0.25) is 4.79 Å². The Morgan fingerprint density at radius 1 is 1.21 bits per heavy atom. The third-order valence-corrected chi connectivity index (χ3v) is 5.80. The van der Waals surface area contributed by atoms with Gasteiger partial charge >= 0.3 is 5.97 Å². The Morgan fingerprint density at radius 3 is 2.79 bits per heavy atom. The second-order valence-electron chi connectivity index (χ2n) is 6.62. The molecule has 1 amide bonds. The molecule has 1 aromatic heterocycles. The van der Waals surface area contributed by atoms with Crippen molar-refractivity contribution < 1.29 is 19.1 Å². The number of methoxy groups -OCH3 is 1. The first kappa shape index (κ1) is 20.1. The summed E-state index contributed by atoms with van der Waals surface area (Å²) in [6.45, 7) is 2.67. The number of thiophene rings is 1. The number of carbonyl (C=O) groups excluding carboxylic acids is 2. The Kier molecular flexibility index (Phi) is 6.87. The number of fused-ring (bicyclic) bond motifs is 1. The molecule has 0 radical (unpaired) electrons. The first-order valence-electron chi connectivity index (χ1n) is 9.57. The lowest BCUT2D eigenvalue weighted by molar-refractivity contribution is -0.111. The van der Waals surface area contributed by atoms with Crippen molar-refractivity contribution >= 4 is 34.3 Å². The number of carbonyl (C=O) groups is 2. The van der Waals surface area contributed by atoms with E-state index in [1.807, 2.05) is 31.2 Å². The maximum Gasteiger partial charge on any atom is 0.341 e. The molecule has 2 aromatic rings. The van der Waals surface area contributed by atoms with Crippen LogP contribution in [0.15, 0.2) is 30.3 Å². The SMILES string of the molecule is CCCOc1ccccc1C=CC(=O)Nc1sc2c(c1C(=O)OC)CCCC2. The summed E-state index contributed by atoms with van der Waals surface area (Å²) in [5.74, 6) is 0.0706. The Balaban J connectivity index is 1.78. The number of benzene rings is 1. The average Bonchev–Trinajstić information content (AvgIpc) is 3.08. The maximum atomic E-state index is 12.5. The van der Waals surface area contributed by atoms with Crippen LogP contribution in [0, 0.1) is 0 Å². The zero-order chi connectivity index (χ0) is 19.9. The van der Waals surface area contributed by atoms with Gasteiger partial charge in [-0.2, -0.15) is 0 Å². The van der Waals surface area contributed by atoms with Crippen molar-refractivity contribution in [2.45, 2.75) is 39.0 Å². The third-order valence-electron chi connectivity index (χ3n) is 4.59. The van der Waals surface area contributed by atoms with Crippen LogP contribution in [0.5, 0.6) is 5.75 Å². The number of nitrogens with one attached hydrogen (secondary N) is 1. The molecule has 3 rings (SSSR count). The van der Waals surface area contributed by atoms with Gasteiger partial charge in [0, 0.05) is 16.5 Å². The van der Waals surface area contributed by atoms with Crippen molar-refractivity contribution in [3.8, 4) is 5.75 Å². The van der Waals surface area contributed by atoms with Crippen molar-refractivity contribution in [3.05, 3.63) is 51.9 Å². The summed E-state index contributed by atoms with van der Waals surface area (Å²) >= 11 is 1.48. The number of ether oxygens (including phenoxy) is 2. The molecular formula is C22H25NO4S. The second-order valence-corrected chi connectivity index (χ2v) is 7.72. The summed E-state index contributed by atoms with van der Waals surface area (Å²) in [5.41, 5.74) is 2.38. The smallest absolute Gasteiger partial charge is 0.341 e. The molecule has 1 N–H and O–H groups in total. The Morgan fingerprint density at radius 2 is 2.00 bits per heavy atom. The molecule has 5 nitrogen and oxygen atoms in total. The Labute approximate surface area is 169 Å². The summed E-state index contributed by atoms with van der Waals surface area (Å²) in [7, 11) is 1.37. The largest absolute Gasteiger partial charge is 0.493 e. The fourth-order valence-corrected chi connectivity index (χ4v) is 4.53. The van der Waals surface area contributed by atoms with Crippen LogP contribution in [0.1, 0.15) is 52.5 Å². The van der Waals surface area contributed by atoms with Crippen LogP contribution in [0.3, 0.4) is 0 Å². The molecule has 6 heteroatoms. The van der Waals surface area contributed by atoms with Gasteiger partial charge in [0.1, 0.15) is 10.8 Å². The highest BCUT2D eigenvalue weighted by molar-refractivity contribution is 7.17. The summed E-state index contributed by atoms with van der Waals surface area (Å²) in [6, 6.07) is 7.59. The van der Waals surface area contributed by atoms with Crippen LogP contribution in [0.2, 0.25) is 0 Å². The van der Waals surface area contributed by atoms with Crippen molar-refractivity contribution in [2.75, 3.05) is 19.0 Å². The molecule has 0 fully saturated rings. The molecule has 0 saturated carbocycles. The van der Waals surface area contributed by atoms with Crippen molar-refractivity contribution in [2.24, 2.45) is 0 Å². The van der Waals surface area contributed by atoms with Crippen LogP contribution in [-0.4, -0.2) is 25.6 Å². The van der Waals surface area contributed by atoms with E-state index in [-0.39, 0.29) is 5.91 Å². The van der Waals surface area contributed by atoms with Crippen LogP contribution in [0.4, 0.5) is 5.00 Å². The lowest BCUT2D eigenvalue weighted by Crippen LogP contribution is -2.13. The molecule has 0 atom stereocenters. The minimum Gasteiger partial charge on any atom is -0.493 e. The lowest BCUT2D eigenvalue weighted by atomic mass is 9.95. The summed E-state index contributed by atoms with van der Waals surface area (Å²) < 4.78 is 10.7. The van der Waals surface area contributed by atoms with E-state index in [9.17, 15) is 9.59 Å². The normalized spacial score (nSPS) is 13.2. The van der Waals surface area contributed by atoms with Gasteiger partial charge in [0.2, 0.25) is 5.91 Å². The molecular weight excluding hydrogens is 374 g/mol. The second kappa shape index (κ2) is 9.55. The maximum absolute atomic E-state index is 12.5. The number of anilines is 1. The van der Waals surface area contributed by atoms with Gasteiger partial charge in [-0.15, -0.1) is 11.3 Å². The van der Waals surface area contributed by atoms with Crippen LogP contribution in [-0.2, 0) is 22.4 Å². The van der Waals surface area contributed by atoms with Gasteiger partial charge in [0.25, 0.3) is 0 Å². The van der Waals surface area contributed by atoms with Gasteiger partial charge in [-0.05, 0) is 49.8 Å². The highest BCUT2D eigenvalue weighted by atomic mass is 32.1. The van der Waals surface area contributed by atoms with E-state index in [1.54, 1.807) is 6.08 Å². The van der Waals surface area contributed by atoms with Crippen LogP contribution < -0.4 is 10.1 Å². The fourth-order valence-electron chi connectivity index (χ4n) is 3.25. The molecule has 0 saturated heterocycles. The van der Waals surface area contributed by atoms with Gasteiger partial charge in [-0.1, -0.05) is 25.1 Å². The highest BCUT2D eigenvalue weighted by Crippen LogP contribution is 2.38. The average molecular weight is 400 g/mol. The number of hydrogen-bond acceptors (Lipinski definition) is 5. The predicted octanol–water partition coefficient (Wildman–Crippen LogP) is 4.85. The minimum atomic E-state index is -0.392. The number of esters is 1. The van der Waals surface area contributed by atoms with Gasteiger partial charge < -0.3 is 14.8 Å². The summed E-state index contributed by atoms with van der Waals surface area (Å²) in [5, 5.41) is 3.44. The molecule has 0 aliphatic heterocycles. The number of amides is 1. The number of aryl methyl sites for hydroxylation is 1. The minimum absolute atomic E-state index is 0.283. The molecule has 1 aliphatic rings. The molecule has 28 heavy (non-hydrogen) atoms. The molecule has 1 aliphatic carbocycles. The Bertz CT molecular complexity index is 885. The van der Waals surface area contributed by atoms with Crippen molar-refractivity contribution in [1.29, 1.82) is 0 Å². The zero-order valence-electron chi connectivity index (χ0n) is 16.2. The molecule has 0 unspecified atom stereocenters. The first-order chi connectivity index (χ1) is 13.6. The van der Waals surface area contributed by atoms with Crippen LogP contribution >= 0.6 is 11.3 Å². The highest BCUT2D eigenvalue weighted by Gasteiger charge is 2.26. The molecule has 1 heterocycles. The predicted molar refractivity (Wildman–Crippen MR) is 112 cm³/mol. The van der Waals surface area contributed by atoms with E-state index in [4.69, 9.17) is 9.47 Å². The van der Waals surface area contributed by atoms with E-state index in [0.717, 1.165) is 49.0 Å².